The summed E-state index contributed by atoms with van der Waals surface area (Å²) in [5, 5.41) is 6.62. The second-order valence-electron chi connectivity index (χ2n) is 7.42. The van der Waals surface area contributed by atoms with Crippen LogP contribution in [0, 0.1) is 12.7 Å². The van der Waals surface area contributed by atoms with E-state index in [2.05, 4.69) is 32.1 Å². The summed E-state index contributed by atoms with van der Waals surface area (Å²) >= 11 is 1.52. The molecule has 1 amide bonds. The van der Waals surface area contributed by atoms with E-state index in [1.54, 1.807) is 12.3 Å². The van der Waals surface area contributed by atoms with Gasteiger partial charge < -0.3 is 15.4 Å². The summed E-state index contributed by atoms with van der Waals surface area (Å²) in [5.41, 5.74) is 2.23. The van der Waals surface area contributed by atoms with Crippen molar-refractivity contribution in [2.75, 3.05) is 36.9 Å². The van der Waals surface area contributed by atoms with Crippen molar-refractivity contribution in [2.45, 2.75) is 13.5 Å². The molecule has 0 atom stereocenters. The van der Waals surface area contributed by atoms with Crippen LogP contribution in [0.3, 0.4) is 0 Å². The van der Waals surface area contributed by atoms with Gasteiger partial charge in [0.05, 0.1) is 18.9 Å². The summed E-state index contributed by atoms with van der Waals surface area (Å²) in [6.45, 7) is 9.19. The van der Waals surface area contributed by atoms with Gasteiger partial charge in [-0.3, -0.25) is 9.69 Å². The van der Waals surface area contributed by atoms with Crippen molar-refractivity contribution in [3.63, 3.8) is 0 Å². The van der Waals surface area contributed by atoms with Crippen molar-refractivity contribution in [3.05, 3.63) is 65.4 Å². The SMILES string of the molecule is C=CC(=O)Nc1ccc(F)c(-c2cc(CN3CCOCC3)cc(Nc3ncc(C)s3)n2)c1. The van der Waals surface area contributed by atoms with E-state index in [9.17, 15) is 9.18 Å². The standard InChI is InChI=1S/C23H24FN5O2S/c1-3-22(30)26-17-4-5-19(24)18(12-17)20-10-16(14-29-6-8-31-9-7-29)11-21(27-20)28-23-25-13-15(2)32-23/h3-5,10-13H,1,6-9,14H2,2H3,(H,26,30)(H,25,27,28). The Morgan fingerprint density at radius 1 is 1.31 bits per heavy atom. The van der Waals surface area contributed by atoms with Crippen LogP contribution in [0.1, 0.15) is 10.4 Å². The highest BCUT2D eigenvalue weighted by atomic mass is 32.1. The van der Waals surface area contributed by atoms with E-state index in [0.29, 0.717) is 42.5 Å². The number of rotatable bonds is 7. The highest BCUT2D eigenvalue weighted by molar-refractivity contribution is 7.15. The molecule has 1 aliphatic heterocycles. The molecule has 4 rings (SSSR count). The normalized spacial score (nSPS) is 14.2. The van der Waals surface area contributed by atoms with Gasteiger partial charge in [0.15, 0.2) is 5.13 Å². The number of ether oxygens (including phenoxy) is 1. The molecular weight excluding hydrogens is 429 g/mol. The summed E-state index contributed by atoms with van der Waals surface area (Å²) in [7, 11) is 0. The Morgan fingerprint density at radius 3 is 2.84 bits per heavy atom. The molecule has 1 aliphatic rings. The Morgan fingerprint density at radius 2 is 2.12 bits per heavy atom. The molecule has 0 spiro atoms. The van der Waals surface area contributed by atoms with E-state index in [0.717, 1.165) is 28.7 Å². The van der Waals surface area contributed by atoms with Gasteiger partial charge in [0.25, 0.3) is 0 Å². The zero-order valence-corrected chi connectivity index (χ0v) is 18.5. The average Bonchev–Trinajstić information content (AvgIpc) is 3.20. The third-order valence-electron chi connectivity index (χ3n) is 4.95. The van der Waals surface area contributed by atoms with Crippen molar-refractivity contribution in [1.29, 1.82) is 0 Å². The lowest BCUT2D eigenvalue weighted by atomic mass is 10.1. The number of hydrogen-bond acceptors (Lipinski definition) is 7. The number of pyridine rings is 1. The van der Waals surface area contributed by atoms with Gasteiger partial charge in [-0.25, -0.2) is 14.4 Å². The highest BCUT2D eigenvalue weighted by Crippen LogP contribution is 2.29. The fraction of sp³-hybridized carbons (Fsp3) is 0.261. The van der Waals surface area contributed by atoms with Crippen molar-refractivity contribution in [3.8, 4) is 11.3 Å². The number of nitrogens with zero attached hydrogens (tertiary/aromatic N) is 3. The Labute approximate surface area is 190 Å². The number of aromatic nitrogens is 2. The number of hydrogen-bond donors (Lipinski definition) is 2. The number of halogens is 1. The molecule has 0 radical (unpaired) electrons. The van der Waals surface area contributed by atoms with Gasteiger partial charge in [0.1, 0.15) is 11.6 Å². The molecule has 0 aliphatic carbocycles. The van der Waals surface area contributed by atoms with E-state index in [-0.39, 0.29) is 5.91 Å². The van der Waals surface area contributed by atoms with Crippen molar-refractivity contribution in [1.82, 2.24) is 14.9 Å². The van der Waals surface area contributed by atoms with Gasteiger partial charge in [-0.2, -0.15) is 0 Å². The van der Waals surface area contributed by atoms with E-state index in [1.807, 2.05) is 19.1 Å². The van der Waals surface area contributed by atoms with Crippen LogP contribution in [0.2, 0.25) is 0 Å². The number of thiazole rings is 1. The van der Waals surface area contributed by atoms with E-state index in [4.69, 9.17) is 4.74 Å². The molecular formula is C23H24FN5O2S. The van der Waals surface area contributed by atoms with Crippen molar-refractivity contribution < 1.29 is 13.9 Å². The van der Waals surface area contributed by atoms with Gasteiger partial charge in [-0.15, -0.1) is 11.3 Å². The van der Waals surface area contributed by atoms with Crippen molar-refractivity contribution >= 4 is 33.9 Å². The van der Waals surface area contributed by atoms with Crippen LogP contribution in [0.4, 0.5) is 21.0 Å². The molecule has 2 aromatic heterocycles. The number of amides is 1. The molecule has 7 nitrogen and oxygen atoms in total. The predicted molar refractivity (Wildman–Crippen MR) is 125 cm³/mol. The maximum absolute atomic E-state index is 14.8. The molecule has 1 aromatic carbocycles. The van der Waals surface area contributed by atoms with Crippen LogP contribution in [0.25, 0.3) is 11.3 Å². The molecule has 2 N–H and O–H groups in total. The zero-order valence-electron chi connectivity index (χ0n) is 17.7. The highest BCUT2D eigenvalue weighted by Gasteiger charge is 2.16. The Kier molecular flexibility index (Phi) is 6.89. The summed E-state index contributed by atoms with van der Waals surface area (Å²) in [6.07, 6.45) is 2.96. The van der Waals surface area contributed by atoms with E-state index < -0.39 is 5.82 Å². The molecule has 3 aromatic rings. The van der Waals surface area contributed by atoms with E-state index >= 15 is 0 Å². The number of benzene rings is 1. The number of anilines is 3. The first-order valence-electron chi connectivity index (χ1n) is 10.2. The average molecular weight is 454 g/mol. The Bertz CT molecular complexity index is 1130. The molecule has 0 unspecified atom stereocenters. The summed E-state index contributed by atoms with van der Waals surface area (Å²) < 4.78 is 20.2. The minimum absolute atomic E-state index is 0.300. The molecule has 9 heteroatoms. The molecule has 3 heterocycles. The predicted octanol–water partition coefficient (Wildman–Crippen LogP) is 4.35. The lowest BCUT2D eigenvalue weighted by Crippen LogP contribution is -2.35. The topological polar surface area (TPSA) is 79.4 Å². The van der Waals surface area contributed by atoms with Crippen LogP contribution < -0.4 is 10.6 Å². The van der Waals surface area contributed by atoms with Crippen LogP contribution in [-0.2, 0) is 16.1 Å². The van der Waals surface area contributed by atoms with Crippen LogP contribution in [0.15, 0.2) is 49.2 Å². The quantitative estimate of drug-likeness (QED) is 0.518. The third kappa shape index (κ3) is 5.56. The lowest BCUT2D eigenvalue weighted by molar-refractivity contribution is -0.111. The second-order valence-corrected chi connectivity index (χ2v) is 8.66. The first-order valence-corrected chi connectivity index (χ1v) is 11.1. The van der Waals surface area contributed by atoms with E-state index in [1.165, 1.54) is 29.5 Å². The molecule has 0 bridgehead atoms. The number of carbonyl (C=O) groups excluding carboxylic acids is 1. The number of nitrogens with one attached hydrogen (secondary N) is 2. The van der Waals surface area contributed by atoms with Gasteiger partial charge in [0.2, 0.25) is 5.91 Å². The first-order chi connectivity index (χ1) is 15.5. The fourth-order valence-corrected chi connectivity index (χ4v) is 4.08. The number of carbonyl (C=O) groups is 1. The molecule has 0 saturated carbocycles. The van der Waals surface area contributed by atoms with Crippen LogP contribution >= 0.6 is 11.3 Å². The summed E-state index contributed by atoms with van der Waals surface area (Å²) in [4.78, 5) is 24.0. The molecule has 166 valence electrons. The Hall–Kier alpha value is -3.14. The third-order valence-corrected chi connectivity index (χ3v) is 5.77. The van der Waals surface area contributed by atoms with Gasteiger partial charge in [-0.05, 0) is 48.9 Å². The summed E-state index contributed by atoms with van der Waals surface area (Å²) in [5.74, 6) is -0.202. The van der Waals surface area contributed by atoms with Gasteiger partial charge in [-0.1, -0.05) is 6.58 Å². The first kappa shape index (κ1) is 22.1. The van der Waals surface area contributed by atoms with Crippen molar-refractivity contribution in [2.24, 2.45) is 0 Å². The number of aryl methyl sites for hydroxylation is 1. The molecule has 1 saturated heterocycles. The van der Waals surface area contributed by atoms with Gasteiger partial charge in [0, 0.05) is 42.0 Å². The zero-order chi connectivity index (χ0) is 22.5. The molecule has 1 fully saturated rings. The minimum atomic E-state index is -0.423. The lowest BCUT2D eigenvalue weighted by Gasteiger charge is -2.26. The summed E-state index contributed by atoms with van der Waals surface area (Å²) in [6, 6.07) is 8.24. The van der Waals surface area contributed by atoms with Gasteiger partial charge >= 0.3 is 0 Å². The van der Waals surface area contributed by atoms with Crippen LogP contribution in [0.5, 0.6) is 0 Å². The second kappa shape index (κ2) is 9.99. The maximum Gasteiger partial charge on any atom is 0.247 e. The minimum Gasteiger partial charge on any atom is -0.379 e. The smallest absolute Gasteiger partial charge is 0.247 e. The Balaban J connectivity index is 1.70. The maximum atomic E-state index is 14.8. The van der Waals surface area contributed by atoms with Crippen LogP contribution in [-0.4, -0.2) is 47.1 Å². The monoisotopic (exact) mass is 453 g/mol. The molecule has 32 heavy (non-hydrogen) atoms. The fourth-order valence-electron chi connectivity index (χ4n) is 3.41. The number of morpholine rings is 1. The largest absolute Gasteiger partial charge is 0.379 e.